The Labute approximate surface area is 232 Å². The molecule has 9 nitrogen and oxygen atoms in total. The Morgan fingerprint density at radius 1 is 0.525 bits per heavy atom. The van der Waals surface area contributed by atoms with Crippen molar-refractivity contribution in [1.82, 2.24) is 0 Å². The van der Waals surface area contributed by atoms with Gasteiger partial charge in [0.05, 0.1) is 17.8 Å². The van der Waals surface area contributed by atoms with Crippen LogP contribution in [0.5, 0.6) is 0 Å². The summed E-state index contributed by atoms with van der Waals surface area (Å²) in [4.78, 5) is 12.8. The average molecular weight is 577 g/mol. The SMILES string of the molecule is O=C(CC(CC(=NOS(=O)(=O)c1ccccc1)c1ccccc1)=NOS(=O)(=O)c1ccccc1)c1ccccc1. The highest BCUT2D eigenvalue weighted by Crippen LogP contribution is 2.17. The van der Waals surface area contributed by atoms with Gasteiger partial charge in [0.1, 0.15) is 9.79 Å². The Hall–Kier alpha value is -4.61. The van der Waals surface area contributed by atoms with Gasteiger partial charge in [-0.15, -0.1) is 0 Å². The molecule has 0 aliphatic heterocycles. The molecular weight excluding hydrogens is 552 g/mol. The van der Waals surface area contributed by atoms with Crippen LogP contribution >= 0.6 is 0 Å². The Morgan fingerprint density at radius 2 is 0.925 bits per heavy atom. The average Bonchev–Trinajstić information content (AvgIpc) is 2.99. The van der Waals surface area contributed by atoms with E-state index in [2.05, 4.69) is 10.3 Å². The van der Waals surface area contributed by atoms with Crippen molar-refractivity contribution < 1.29 is 30.2 Å². The van der Waals surface area contributed by atoms with E-state index in [0.717, 1.165) is 0 Å². The number of nitrogens with zero attached hydrogens (tertiary/aromatic N) is 2. The minimum Gasteiger partial charge on any atom is -0.294 e. The number of rotatable bonds is 12. The van der Waals surface area contributed by atoms with Gasteiger partial charge in [0.25, 0.3) is 0 Å². The Morgan fingerprint density at radius 3 is 1.40 bits per heavy atom. The van der Waals surface area contributed by atoms with Gasteiger partial charge in [-0.05, 0) is 29.8 Å². The first kappa shape index (κ1) is 28.4. The minimum absolute atomic E-state index is 0.0170. The van der Waals surface area contributed by atoms with Crippen LogP contribution in [0.15, 0.2) is 141 Å². The second-order valence-electron chi connectivity index (χ2n) is 8.39. The summed E-state index contributed by atoms with van der Waals surface area (Å²) in [5, 5.41) is 7.72. The molecule has 4 aromatic carbocycles. The van der Waals surface area contributed by atoms with Crippen molar-refractivity contribution in [3.63, 3.8) is 0 Å². The van der Waals surface area contributed by atoms with Crippen LogP contribution in [0.2, 0.25) is 0 Å². The van der Waals surface area contributed by atoms with Crippen LogP contribution in [0.25, 0.3) is 0 Å². The second-order valence-corrected chi connectivity index (χ2v) is 11.4. The highest BCUT2D eigenvalue weighted by atomic mass is 32.2. The summed E-state index contributed by atoms with van der Waals surface area (Å²) in [6.45, 7) is 0. The molecular formula is C29H24N2O7S2. The lowest BCUT2D eigenvalue weighted by Crippen LogP contribution is -2.17. The molecule has 0 heterocycles. The molecule has 0 N–H and O–H groups in total. The number of hydrogen-bond acceptors (Lipinski definition) is 9. The lowest BCUT2D eigenvalue weighted by atomic mass is 9.99. The smallest absolute Gasteiger partial charge is 0.294 e. The molecule has 0 aromatic heterocycles. The molecule has 204 valence electrons. The lowest BCUT2D eigenvalue weighted by molar-refractivity contribution is 0.0999. The van der Waals surface area contributed by atoms with E-state index in [1.807, 2.05) is 0 Å². The normalized spacial score (nSPS) is 12.5. The zero-order valence-corrected chi connectivity index (χ0v) is 22.7. The standard InChI is InChI=1S/C29H24N2O7S2/c32-29(24-15-7-2-8-16-24)22-25(30-37-39(33,34)26-17-9-3-10-18-26)21-28(23-13-5-1-6-14-23)31-38-40(35,36)27-19-11-4-12-20-27/h1-20H,21-22H2. The van der Waals surface area contributed by atoms with E-state index in [4.69, 9.17) is 8.57 Å². The molecule has 0 saturated carbocycles. The fourth-order valence-corrected chi connectivity index (χ4v) is 5.05. The molecule has 0 atom stereocenters. The van der Waals surface area contributed by atoms with Gasteiger partial charge in [0.2, 0.25) is 0 Å². The van der Waals surface area contributed by atoms with Gasteiger partial charge in [0, 0.05) is 12.0 Å². The highest BCUT2D eigenvalue weighted by molar-refractivity contribution is 7.87. The first-order chi connectivity index (χ1) is 19.2. The van der Waals surface area contributed by atoms with Gasteiger partial charge in [-0.3, -0.25) is 13.4 Å². The van der Waals surface area contributed by atoms with E-state index >= 15 is 0 Å². The van der Waals surface area contributed by atoms with Crippen molar-refractivity contribution >= 4 is 37.4 Å². The highest BCUT2D eigenvalue weighted by Gasteiger charge is 2.21. The zero-order chi connectivity index (χ0) is 28.4. The van der Waals surface area contributed by atoms with Crippen LogP contribution in [0.4, 0.5) is 0 Å². The summed E-state index contributed by atoms with van der Waals surface area (Å²) in [5.74, 6) is -0.356. The quantitative estimate of drug-likeness (QED) is 0.128. The third kappa shape index (κ3) is 7.71. The van der Waals surface area contributed by atoms with E-state index in [-0.39, 0.29) is 39.8 Å². The molecule has 0 fully saturated rings. The fourth-order valence-electron chi connectivity index (χ4n) is 3.51. The summed E-state index contributed by atoms with van der Waals surface area (Å²) in [7, 11) is -8.55. The second kappa shape index (κ2) is 13.0. The predicted molar refractivity (Wildman–Crippen MR) is 150 cm³/mol. The van der Waals surface area contributed by atoms with Crippen molar-refractivity contribution in [3.05, 3.63) is 132 Å². The molecule has 0 radical (unpaired) electrons. The predicted octanol–water partition coefficient (Wildman–Crippen LogP) is 5.22. The van der Waals surface area contributed by atoms with Gasteiger partial charge < -0.3 is 0 Å². The largest absolute Gasteiger partial charge is 0.358 e. The van der Waals surface area contributed by atoms with Gasteiger partial charge in [-0.25, -0.2) is 0 Å². The van der Waals surface area contributed by atoms with Crippen LogP contribution < -0.4 is 0 Å². The zero-order valence-electron chi connectivity index (χ0n) is 21.0. The molecule has 0 amide bonds. The molecule has 0 bridgehead atoms. The maximum atomic E-state index is 13.0. The first-order valence-electron chi connectivity index (χ1n) is 12.0. The Kier molecular flexibility index (Phi) is 9.20. The molecule has 0 spiro atoms. The number of benzene rings is 4. The van der Waals surface area contributed by atoms with Crippen LogP contribution in [0.1, 0.15) is 28.8 Å². The van der Waals surface area contributed by atoms with Crippen molar-refractivity contribution in [2.24, 2.45) is 10.3 Å². The van der Waals surface area contributed by atoms with Crippen molar-refractivity contribution in [2.75, 3.05) is 0 Å². The molecule has 11 heteroatoms. The van der Waals surface area contributed by atoms with E-state index < -0.39 is 20.2 Å². The number of oxime groups is 2. The molecule has 0 aliphatic rings. The van der Waals surface area contributed by atoms with Gasteiger partial charge in [0.15, 0.2) is 5.78 Å². The fraction of sp³-hybridized carbons (Fsp3) is 0.0690. The molecule has 0 aliphatic carbocycles. The maximum absolute atomic E-state index is 13.0. The summed E-state index contributed by atoms with van der Waals surface area (Å²) >= 11 is 0. The van der Waals surface area contributed by atoms with Crippen molar-refractivity contribution in [3.8, 4) is 0 Å². The molecule has 4 rings (SSSR count). The summed E-state index contributed by atoms with van der Waals surface area (Å²) in [5.41, 5.74) is 0.913. The van der Waals surface area contributed by atoms with E-state index in [9.17, 15) is 21.6 Å². The minimum atomic E-state index is -4.29. The van der Waals surface area contributed by atoms with Crippen molar-refractivity contribution in [2.45, 2.75) is 22.6 Å². The molecule has 0 saturated heterocycles. The summed E-state index contributed by atoms with van der Waals surface area (Å²) in [6, 6.07) is 31.7. The number of hydrogen-bond donors (Lipinski definition) is 0. The molecule has 0 unspecified atom stereocenters. The molecule has 40 heavy (non-hydrogen) atoms. The van der Waals surface area contributed by atoms with Gasteiger partial charge in [-0.1, -0.05) is 107 Å². The third-order valence-corrected chi connectivity index (χ3v) is 7.75. The number of carbonyl (C=O) groups excluding carboxylic acids is 1. The third-order valence-electron chi connectivity index (χ3n) is 5.51. The lowest BCUT2D eigenvalue weighted by Gasteiger charge is -2.10. The van der Waals surface area contributed by atoms with Crippen molar-refractivity contribution in [1.29, 1.82) is 0 Å². The van der Waals surface area contributed by atoms with Gasteiger partial charge >= 0.3 is 20.2 Å². The van der Waals surface area contributed by atoms with E-state index in [0.29, 0.717) is 11.1 Å². The number of carbonyl (C=O) groups is 1. The number of Topliss-reactive ketones (excluding diaryl/α,β-unsaturated/α-hetero) is 1. The first-order valence-corrected chi connectivity index (χ1v) is 14.8. The van der Waals surface area contributed by atoms with E-state index in [1.54, 1.807) is 84.9 Å². The Bertz CT molecular complexity index is 1710. The Balaban J connectivity index is 1.69. The van der Waals surface area contributed by atoms with Crippen LogP contribution in [-0.2, 0) is 28.8 Å². The van der Waals surface area contributed by atoms with Crippen LogP contribution in [-0.4, -0.2) is 34.0 Å². The van der Waals surface area contributed by atoms with E-state index in [1.165, 1.54) is 36.4 Å². The van der Waals surface area contributed by atoms with Gasteiger partial charge in [-0.2, -0.15) is 16.8 Å². The summed E-state index contributed by atoms with van der Waals surface area (Å²) < 4.78 is 60.8. The topological polar surface area (TPSA) is 129 Å². The summed E-state index contributed by atoms with van der Waals surface area (Å²) in [6.07, 6.45) is -0.581. The van der Waals surface area contributed by atoms with Crippen LogP contribution in [0.3, 0.4) is 0 Å². The monoisotopic (exact) mass is 576 g/mol. The maximum Gasteiger partial charge on any atom is 0.358 e. The molecule has 4 aromatic rings. The van der Waals surface area contributed by atoms with Crippen LogP contribution in [0, 0.1) is 0 Å². The number of ketones is 1.